The molecule has 1 N–H and O–H groups in total. The average Bonchev–Trinajstić information content (AvgIpc) is 3.06. The van der Waals surface area contributed by atoms with Crippen LogP contribution in [0.4, 0.5) is 13.2 Å². The van der Waals surface area contributed by atoms with E-state index in [-0.39, 0.29) is 6.04 Å². The van der Waals surface area contributed by atoms with Crippen molar-refractivity contribution < 1.29 is 13.2 Å². The Labute approximate surface area is 112 Å². The summed E-state index contributed by atoms with van der Waals surface area (Å²) in [5.74, 6) is 1.07. The second-order valence-electron chi connectivity index (χ2n) is 5.43. The largest absolute Gasteiger partial charge is 0.416 e. The van der Waals surface area contributed by atoms with Gasteiger partial charge in [-0.2, -0.15) is 13.2 Å². The van der Waals surface area contributed by atoms with Crippen LogP contribution in [0.25, 0.3) is 0 Å². The summed E-state index contributed by atoms with van der Waals surface area (Å²) < 4.78 is 38.3. The number of hydrogen-bond donors (Lipinski definition) is 1. The molecule has 3 atom stereocenters. The molecule has 1 fully saturated rings. The van der Waals surface area contributed by atoms with Gasteiger partial charge < -0.3 is 5.32 Å². The second-order valence-corrected chi connectivity index (χ2v) is 5.43. The monoisotopic (exact) mass is 271 g/mol. The molecule has 19 heavy (non-hydrogen) atoms. The predicted octanol–water partition coefficient (Wildman–Crippen LogP) is 4.40. The molecular formula is C15H20F3N. The summed E-state index contributed by atoms with van der Waals surface area (Å²) in [5, 5.41) is 3.39. The zero-order valence-corrected chi connectivity index (χ0v) is 11.3. The molecule has 0 spiro atoms. The summed E-state index contributed by atoms with van der Waals surface area (Å²) >= 11 is 0. The fourth-order valence-corrected chi connectivity index (χ4v) is 2.54. The first-order chi connectivity index (χ1) is 8.93. The van der Waals surface area contributed by atoms with Crippen LogP contribution in [-0.4, -0.2) is 6.54 Å². The van der Waals surface area contributed by atoms with Crippen LogP contribution in [-0.2, 0) is 6.18 Å². The van der Waals surface area contributed by atoms with Crippen LogP contribution in [0, 0.1) is 11.8 Å². The zero-order valence-electron chi connectivity index (χ0n) is 11.3. The Morgan fingerprint density at radius 1 is 1.37 bits per heavy atom. The fourth-order valence-electron chi connectivity index (χ4n) is 2.54. The smallest absolute Gasteiger partial charge is 0.310 e. The highest BCUT2D eigenvalue weighted by molar-refractivity contribution is 5.29. The van der Waals surface area contributed by atoms with E-state index in [0.717, 1.165) is 31.0 Å². The first-order valence-corrected chi connectivity index (χ1v) is 6.84. The standard InChI is InChI=1S/C15H20F3N/c1-3-7-19-14(13-8-10(13)2)11-5-4-6-12(9-11)15(16,17)18/h4-6,9-10,13-14,19H,3,7-8H2,1-2H3. The molecule has 0 bridgehead atoms. The summed E-state index contributed by atoms with van der Waals surface area (Å²) in [6.07, 6.45) is -2.19. The van der Waals surface area contributed by atoms with Gasteiger partial charge in [0.1, 0.15) is 0 Å². The van der Waals surface area contributed by atoms with Gasteiger partial charge in [-0.05, 0) is 48.9 Å². The lowest BCUT2D eigenvalue weighted by Crippen LogP contribution is -2.24. The Morgan fingerprint density at radius 3 is 2.58 bits per heavy atom. The maximum absolute atomic E-state index is 12.8. The van der Waals surface area contributed by atoms with Gasteiger partial charge in [0.05, 0.1) is 5.56 Å². The summed E-state index contributed by atoms with van der Waals surface area (Å²) in [7, 11) is 0. The van der Waals surface area contributed by atoms with Gasteiger partial charge in [0.15, 0.2) is 0 Å². The first-order valence-electron chi connectivity index (χ1n) is 6.84. The molecule has 0 radical (unpaired) electrons. The first kappa shape index (κ1) is 14.4. The molecule has 4 heteroatoms. The third kappa shape index (κ3) is 3.50. The van der Waals surface area contributed by atoms with Crippen molar-refractivity contribution in [1.29, 1.82) is 0 Å². The fraction of sp³-hybridized carbons (Fsp3) is 0.600. The lowest BCUT2D eigenvalue weighted by molar-refractivity contribution is -0.137. The van der Waals surface area contributed by atoms with E-state index in [1.807, 2.05) is 0 Å². The third-order valence-electron chi connectivity index (χ3n) is 3.79. The van der Waals surface area contributed by atoms with Gasteiger partial charge >= 0.3 is 6.18 Å². The van der Waals surface area contributed by atoms with Gasteiger partial charge in [-0.3, -0.25) is 0 Å². The third-order valence-corrected chi connectivity index (χ3v) is 3.79. The maximum Gasteiger partial charge on any atom is 0.416 e. The number of nitrogens with one attached hydrogen (secondary N) is 1. The van der Waals surface area contributed by atoms with Crippen molar-refractivity contribution in [2.45, 2.75) is 38.9 Å². The van der Waals surface area contributed by atoms with Crippen molar-refractivity contribution in [2.75, 3.05) is 6.54 Å². The van der Waals surface area contributed by atoms with E-state index < -0.39 is 11.7 Å². The minimum atomic E-state index is -4.26. The lowest BCUT2D eigenvalue weighted by atomic mass is 9.98. The molecule has 0 amide bonds. The van der Waals surface area contributed by atoms with Crippen molar-refractivity contribution in [3.05, 3.63) is 35.4 Å². The van der Waals surface area contributed by atoms with E-state index in [9.17, 15) is 13.2 Å². The molecule has 0 aromatic heterocycles. The van der Waals surface area contributed by atoms with E-state index in [1.165, 1.54) is 12.1 Å². The van der Waals surface area contributed by atoms with Gasteiger partial charge in [-0.1, -0.05) is 26.0 Å². The Bertz CT molecular complexity index is 428. The van der Waals surface area contributed by atoms with Crippen molar-refractivity contribution in [2.24, 2.45) is 11.8 Å². The molecule has 1 aromatic rings. The quantitative estimate of drug-likeness (QED) is 0.836. The molecule has 106 valence electrons. The van der Waals surface area contributed by atoms with Crippen LogP contribution in [0.1, 0.15) is 43.9 Å². The molecule has 1 saturated carbocycles. The molecule has 1 aromatic carbocycles. The number of rotatable bonds is 5. The summed E-state index contributed by atoms with van der Waals surface area (Å²) in [4.78, 5) is 0. The molecule has 1 aliphatic carbocycles. The van der Waals surface area contributed by atoms with Crippen LogP contribution in [0.5, 0.6) is 0 Å². The van der Waals surface area contributed by atoms with Gasteiger partial charge in [0, 0.05) is 6.04 Å². The molecular weight excluding hydrogens is 251 g/mol. The summed E-state index contributed by atoms with van der Waals surface area (Å²) in [6, 6.07) is 5.78. The van der Waals surface area contributed by atoms with E-state index in [4.69, 9.17) is 0 Å². The van der Waals surface area contributed by atoms with E-state index in [1.54, 1.807) is 6.07 Å². The van der Waals surface area contributed by atoms with E-state index in [0.29, 0.717) is 11.8 Å². The summed E-state index contributed by atoms with van der Waals surface area (Å²) in [6.45, 7) is 5.05. The van der Waals surface area contributed by atoms with Gasteiger partial charge in [0.25, 0.3) is 0 Å². The molecule has 0 heterocycles. The van der Waals surface area contributed by atoms with Crippen LogP contribution in [0.2, 0.25) is 0 Å². The topological polar surface area (TPSA) is 12.0 Å². The Balaban J connectivity index is 2.21. The Kier molecular flexibility index (Phi) is 4.19. The van der Waals surface area contributed by atoms with E-state index >= 15 is 0 Å². The van der Waals surface area contributed by atoms with Crippen LogP contribution >= 0.6 is 0 Å². The average molecular weight is 271 g/mol. The predicted molar refractivity (Wildman–Crippen MR) is 69.7 cm³/mol. The van der Waals surface area contributed by atoms with Gasteiger partial charge in [0.2, 0.25) is 0 Å². The maximum atomic E-state index is 12.8. The number of hydrogen-bond acceptors (Lipinski definition) is 1. The minimum absolute atomic E-state index is 0.0530. The minimum Gasteiger partial charge on any atom is -0.310 e. The van der Waals surface area contributed by atoms with E-state index in [2.05, 4.69) is 19.2 Å². The lowest BCUT2D eigenvalue weighted by Gasteiger charge is -2.20. The molecule has 2 rings (SSSR count). The van der Waals surface area contributed by atoms with Crippen molar-refractivity contribution in [1.82, 2.24) is 5.32 Å². The van der Waals surface area contributed by atoms with Crippen LogP contribution in [0.15, 0.2) is 24.3 Å². The normalized spacial score (nSPS) is 24.3. The second kappa shape index (κ2) is 5.53. The number of alkyl halides is 3. The molecule has 1 nitrogen and oxygen atoms in total. The molecule has 0 saturated heterocycles. The Morgan fingerprint density at radius 2 is 2.05 bits per heavy atom. The van der Waals surface area contributed by atoms with Crippen LogP contribution < -0.4 is 5.32 Å². The van der Waals surface area contributed by atoms with Crippen LogP contribution in [0.3, 0.4) is 0 Å². The highest BCUT2D eigenvalue weighted by Crippen LogP contribution is 2.47. The van der Waals surface area contributed by atoms with Gasteiger partial charge in [-0.15, -0.1) is 0 Å². The molecule has 3 unspecified atom stereocenters. The van der Waals surface area contributed by atoms with Crippen molar-refractivity contribution in [3.63, 3.8) is 0 Å². The Hall–Kier alpha value is -1.03. The SMILES string of the molecule is CCCNC(c1cccc(C(F)(F)F)c1)C1CC1C. The zero-order chi connectivity index (χ0) is 14.0. The summed E-state index contributed by atoms with van der Waals surface area (Å²) in [5.41, 5.74) is 0.208. The van der Waals surface area contributed by atoms with Gasteiger partial charge in [-0.25, -0.2) is 0 Å². The highest BCUT2D eigenvalue weighted by Gasteiger charge is 2.40. The molecule has 0 aliphatic heterocycles. The van der Waals surface area contributed by atoms with Crippen molar-refractivity contribution >= 4 is 0 Å². The molecule has 1 aliphatic rings. The number of benzene rings is 1. The highest BCUT2D eigenvalue weighted by atomic mass is 19.4. The number of halogens is 3. The van der Waals surface area contributed by atoms with Crippen molar-refractivity contribution in [3.8, 4) is 0 Å².